The quantitative estimate of drug-likeness (QED) is 0.513. The Bertz CT molecular complexity index is 460. The van der Waals surface area contributed by atoms with E-state index in [0.29, 0.717) is 6.42 Å². The molecule has 0 aliphatic rings. The van der Waals surface area contributed by atoms with Crippen molar-refractivity contribution < 1.29 is 14.7 Å². The van der Waals surface area contributed by atoms with Crippen molar-refractivity contribution in [2.45, 2.75) is 44.6 Å². The highest BCUT2D eigenvalue weighted by Gasteiger charge is 2.20. The lowest BCUT2D eigenvalue weighted by Gasteiger charge is -2.14. The maximum absolute atomic E-state index is 11.9. The van der Waals surface area contributed by atoms with Crippen molar-refractivity contribution in [3.63, 3.8) is 0 Å². The zero-order valence-electron chi connectivity index (χ0n) is 12.1. The van der Waals surface area contributed by atoms with Crippen LogP contribution in [0, 0.1) is 0 Å². The summed E-state index contributed by atoms with van der Waals surface area (Å²) in [7, 11) is 0. The van der Waals surface area contributed by atoms with E-state index in [1.54, 1.807) is 18.2 Å². The van der Waals surface area contributed by atoms with Crippen LogP contribution in [-0.4, -0.2) is 28.0 Å². The number of nitrogens with zero attached hydrogens (tertiary/aromatic N) is 1. The number of carbonyl (C=O) groups is 2. The molecule has 1 aromatic rings. The number of amides is 1. The molecule has 0 saturated carbocycles. The molecule has 0 radical (unpaired) electrons. The highest BCUT2D eigenvalue weighted by atomic mass is 16.4. The van der Waals surface area contributed by atoms with Gasteiger partial charge in [-0.3, -0.25) is 9.78 Å². The Balaban J connectivity index is 2.38. The van der Waals surface area contributed by atoms with E-state index < -0.39 is 17.9 Å². The normalized spacial score (nSPS) is 11.6. The third kappa shape index (κ3) is 6.70. The maximum atomic E-state index is 11.9. The second-order valence-corrected chi connectivity index (χ2v) is 4.86. The molecule has 1 heterocycles. The number of unbranched alkanes of at least 4 members (excludes halogenated alkanes) is 4. The molecular formula is C16H22N2O3. The van der Waals surface area contributed by atoms with Gasteiger partial charge in [-0.25, -0.2) is 4.79 Å². The van der Waals surface area contributed by atoms with Crippen LogP contribution < -0.4 is 5.32 Å². The molecule has 1 aromatic heterocycles. The van der Waals surface area contributed by atoms with Crippen LogP contribution in [0.4, 0.5) is 0 Å². The largest absolute Gasteiger partial charge is 0.480 e. The zero-order valence-corrected chi connectivity index (χ0v) is 12.1. The van der Waals surface area contributed by atoms with Gasteiger partial charge in [-0.15, -0.1) is 6.58 Å². The summed E-state index contributed by atoms with van der Waals surface area (Å²) in [6, 6.07) is 4.09. The van der Waals surface area contributed by atoms with Crippen molar-refractivity contribution in [1.82, 2.24) is 10.3 Å². The summed E-state index contributed by atoms with van der Waals surface area (Å²) in [5.41, 5.74) is 0.231. The number of allylic oxidation sites excluding steroid dienone is 1. The fourth-order valence-electron chi connectivity index (χ4n) is 1.98. The van der Waals surface area contributed by atoms with Gasteiger partial charge in [-0.2, -0.15) is 0 Å². The molecule has 1 rings (SSSR count). The molecule has 5 heteroatoms. The maximum Gasteiger partial charge on any atom is 0.326 e. The van der Waals surface area contributed by atoms with E-state index in [0.717, 1.165) is 32.1 Å². The van der Waals surface area contributed by atoms with Gasteiger partial charge in [0.05, 0.1) is 0 Å². The minimum Gasteiger partial charge on any atom is -0.480 e. The summed E-state index contributed by atoms with van der Waals surface area (Å²) < 4.78 is 0. The first-order valence-corrected chi connectivity index (χ1v) is 7.20. The molecule has 1 atom stereocenters. The Morgan fingerprint density at radius 1 is 1.29 bits per heavy atom. The van der Waals surface area contributed by atoms with Crippen LogP contribution in [0.5, 0.6) is 0 Å². The zero-order chi connectivity index (χ0) is 15.5. The predicted octanol–water partition coefficient (Wildman–Crippen LogP) is 2.79. The lowest BCUT2D eigenvalue weighted by Crippen LogP contribution is -2.41. The molecule has 2 N–H and O–H groups in total. The van der Waals surface area contributed by atoms with Gasteiger partial charge in [-0.05, 0) is 31.4 Å². The predicted molar refractivity (Wildman–Crippen MR) is 81.0 cm³/mol. The first-order valence-electron chi connectivity index (χ1n) is 7.20. The van der Waals surface area contributed by atoms with Crippen molar-refractivity contribution in [1.29, 1.82) is 0 Å². The molecule has 0 fully saturated rings. The number of aliphatic carboxylic acids is 1. The second-order valence-electron chi connectivity index (χ2n) is 4.86. The van der Waals surface area contributed by atoms with Gasteiger partial charge in [0.1, 0.15) is 11.7 Å². The van der Waals surface area contributed by atoms with E-state index in [-0.39, 0.29) is 5.69 Å². The summed E-state index contributed by atoms with van der Waals surface area (Å²) in [5.74, 6) is -1.46. The third-order valence-electron chi connectivity index (χ3n) is 3.15. The number of carboxylic acids is 1. The molecule has 0 bridgehead atoms. The van der Waals surface area contributed by atoms with Crippen LogP contribution in [0.25, 0.3) is 0 Å². The first-order chi connectivity index (χ1) is 10.1. The van der Waals surface area contributed by atoms with Gasteiger partial charge in [-0.1, -0.05) is 31.4 Å². The summed E-state index contributed by atoms with van der Waals surface area (Å²) in [5, 5.41) is 11.7. The molecule has 5 nitrogen and oxygen atoms in total. The molecule has 0 aliphatic heterocycles. The van der Waals surface area contributed by atoms with Crippen LogP contribution in [0.2, 0.25) is 0 Å². The molecular weight excluding hydrogens is 268 g/mol. The number of aromatic nitrogens is 1. The molecule has 0 aromatic carbocycles. The number of carboxylic acid groups (broad SMARTS) is 1. The second kappa shape index (κ2) is 9.69. The molecule has 0 aliphatic carbocycles. The van der Waals surface area contributed by atoms with Crippen molar-refractivity contribution in [3.05, 3.63) is 42.7 Å². The van der Waals surface area contributed by atoms with Gasteiger partial charge in [0, 0.05) is 6.20 Å². The van der Waals surface area contributed by atoms with Crippen molar-refractivity contribution in [2.75, 3.05) is 0 Å². The Hall–Kier alpha value is -2.17. The average molecular weight is 290 g/mol. The van der Waals surface area contributed by atoms with Crippen LogP contribution in [-0.2, 0) is 4.79 Å². The van der Waals surface area contributed by atoms with E-state index in [2.05, 4.69) is 16.9 Å². The van der Waals surface area contributed by atoms with Crippen LogP contribution in [0.3, 0.4) is 0 Å². The standard InChI is InChI=1S/C16H22N2O3/c1-2-3-4-5-6-7-11-14(16(20)21)18-15(19)13-10-8-9-12-17-13/h2,8-10,12,14H,1,3-7,11H2,(H,18,19)(H,20,21)/t14-/m0/s1. The SMILES string of the molecule is C=CCCCCCC[C@H](NC(=O)c1ccccn1)C(=O)O. The molecule has 1 amide bonds. The number of hydrogen-bond acceptors (Lipinski definition) is 3. The van der Waals surface area contributed by atoms with Gasteiger partial charge in [0.15, 0.2) is 0 Å². The van der Waals surface area contributed by atoms with Crippen molar-refractivity contribution >= 4 is 11.9 Å². The molecule has 114 valence electrons. The average Bonchev–Trinajstić information content (AvgIpc) is 2.50. The highest BCUT2D eigenvalue weighted by Crippen LogP contribution is 2.08. The highest BCUT2D eigenvalue weighted by molar-refractivity contribution is 5.94. The summed E-state index contributed by atoms with van der Waals surface area (Å²) in [6.45, 7) is 3.66. The Morgan fingerprint density at radius 2 is 2.05 bits per heavy atom. The molecule has 0 spiro atoms. The smallest absolute Gasteiger partial charge is 0.326 e. The Labute approximate surface area is 125 Å². The number of rotatable bonds is 10. The summed E-state index contributed by atoms with van der Waals surface area (Å²) in [6.07, 6.45) is 8.65. The fraction of sp³-hybridized carbons (Fsp3) is 0.438. The third-order valence-corrected chi connectivity index (χ3v) is 3.15. The lowest BCUT2D eigenvalue weighted by atomic mass is 10.1. The fourth-order valence-corrected chi connectivity index (χ4v) is 1.98. The van der Waals surface area contributed by atoms with Gasteiger partial charge < -0.3 is 10.4 Å². The first kappa shape index (κ1) is 16.9. The minimum atomic E-state index is -1.01. The lowest BCUT2D eigenvalue weighted by molar-refractivity contribution is -0.139. The van der Waals surface area contributed by atoms with E-state index in [1.807, 2.05) is 6.08 Å². The Kier molecular flexibility index (Phi) is 7.79. The monoisotopic (exact) mass is 290 g/mol. The molecule has 0 unspecified atom stereocenters. The van der Waals surface area contributed by atoms with Crippen molar-refractivity contribution in [3.8, 4) is 0 Å². The topological polar surface area (TPSA) is 79.3 Å². The summed E-state index contributed by atoms with van der Waals surface area (Å²) in [4.78, 5) is 27.0. The molecule has 0 saturated heterocycles. The van der Waals surface area contributed by atoms with E-state index in [9.17, 15) is 9.59 Å². The van der Waals surface area contributed by atoms with E-state index >= 15 is 0 Å². The number of hydrogen-bond donors (Lipinski definition) is 2. The van der Waals surface area contributed by atoms with Gasteiger partial charge in [0.25, 0.3) is 5.91 Å². The van der Waals surface area contributed by atoms with Crippen LogP contribution in [0.15, 0.2) is 37.1 Å². The van der Waals surface area contributed by atoms with Crippen LogP contribution in [0.1, 0.15) is 49.0 Å². The molecule has 21 heavy (non-hydrogen) atoms. The number of pyridine rings is 1. The summed E-state index contributed by atoms with van der Waals surface area (Å²) >= 11 is 0. The number of carbonyl (C=O) groups excluding carboxylic acids is 1. The van der Waals surface area contributed by atoms with E-state index in [1.165, 1.54) is 6.20 Å². The number of nitrogens with one attached hydrogen (secondary N) is 1. The Morgan fingerprint density at radius 3 is 2.67 bits per heavy atom. The van der Waals surface area contributed by atoms with Gasteiger partial charge in [0.2, 0.25) is 0 Å². The minimum absolute atomic E-state index is 0.231. The van der Waals surface area contributed by atoms with Gasteiger partial charge >= 0.3 is 5.97 Å². The van der Waals surface area contributed by atoms with Crippen molar-refractivity contribution in [2.24, 2.45) is 0 Å². The van der Waals surface area contributed by atoms with E-state index in [4.69, 9.17) is 5.11 Å². The van der Waals surface area contributed by atoms with Crippen LogP contribution >= 0.6 is 0 Å².